The van der Waals surface area contributed by atoms with E-state index in [0.717, 1.165) is 4.88 Å². The van der Waals surface area contributed by atoms with Gasteiger partial charge in [0.2, 0.25) is 11.8 Å². The van der Waals surface area contributed by atoms with Crippen molar-refractivity contribution in [3.63, 3.8) is 0 Å². The molecule has 0 saturated heterocycles. The Labute approximate surface area is 120 Å². The van der Waals surface area contributed by atoms with Crippen molar-refractivity contribution >= 4 is 28.8 Å². The number of hydrogen-bond donors (Lipinski definition) is 2. The van der Waals surface area contributed by atoms with Crippen molar-refractivity contribution in [2.45, 2.75) is 20.4 Å². The number of nitrogens with one attached hydrogen (secondary N) is 2. The van der Waals surface area contributed by atoms with Gasteiger partial charge in [-0.2, -0.15) is 4.98 Å². The molecule has 106 valence electrons. The molecule has 0 aliphatic rings. The van der Waals surface area contributed by atoms with Crippen LogP contribution in [0.25, 0.3) is 0 Å². The minimum atomic E-state index is -0.462. The second kappa shape index (κ2) is 5.83. The molecule has 0 aliphatic carbocycles. The molecule has 0 bridgehead atoms. The Morgan fingerprint density at radius 2 is 2.10 bits per heavy atom. The molecule has 2 N–H and O–H groups in total. The Bertz CT molecular complexity index is 641. The van der Waals surface area contributed by atoms with Crippen LogP contribution in [0, 0.1) is 24.0 Å². The molecule has 0 radical (unpaired) electrons. The van der Waals surface area contributed by atoms with Crippen LogP contribution in [0.3, 0.4) is 0 Å². The van der Waals surface area contributed by atoms with Gasteiger partial charge in [0.05, 0.1) is 11.5 Å². The predicted molar refractivity (Wildman–Crippen MR) is 79.4 cm³/mol. The molecule has 0 aliphatic heterocycles. The smallest absolute Gasteiger partial charge is 0.332 e. The summed E-state index contributed by atoms with van der Waals surface area (Å²) in [6.45, 7) is 4.12. The Balaban J connectivity index is 2.28. The summed E-state index contributed by atoms with van der Waals surface area (Å²) in [5.41, 5.74) is 0.247. The zero-order chi connectivity index (χ0) is 14.7. The second-order valence-electron chi connectivity index (χ2n) is 4.20. The summed E-state index contributed by atoms with van der Waals surface area (Å²) in [5.74, 6) is 0.593. The third-order valence-corrected chi connectivity index (χ3v) is 3.69. The van der Waals surface area contributed by atoms with Gasteiger partial charge < -0.3 is 10.6 Å². The zero-order valence-electron chi connectivity index (χ0n) is 11.4. The van der Waals surface area contributed by atoms with Crippen molar-refractivity contribution in [3.8, 4) is 0 Å². The summed E-state index contributed by atoms with van der Waals surface area (Å²) in [4.78, 5) is 21.1. The molecule has 2 aromatic rings. The number of nitrogens with zero attached hydrogens (tertiary/aromatic N) is 3. The van der Waals surface area contributed by atoms with Gasteiger partial charge >= 0.3 is 5.69 Å². The number of aromatic nitrogens is 2. The lowest BCUT2D eigenvalue weighted by Gasteiger charge is -2.08. The molecule has 0 fully saturated rings. The molecule has 0 amide bonds. The van der Waals surface area contributed by atoms with Crippen LogP contribution >= 0.6 is 11.3 Å². The lowest BCUT2D eigenvalue weighted by atomic mass is 10.3. The molecule has 7 nitrogen and oxygen atoms in total. The molecule has 0 atom stereocenters. The fourth-order valence-electron chi connectivity index (χ4n) is 1.77. The van der Waals surface area contributed by atoms with Gasteiger partial charge in [0, 0.05) is 16.8 Å². The molecule has 2 heterocycles. The van der Waals surface area contributed by atoms with Gasteiger partial charge in [0.1, 0.15) is 5.69 Å². The first-order valence-corrected chi connectivity index (χ1v) is 6.83. The van der Waals surface area contributed by atoms with Crippen molar-refractivity contribution < 1.29 is 4.92 Å². The van der Waals surface area contributed by atoms with Gasteiger partial charge in [-0.1, -0.05) is 0 Å². The van der Waals surface area contributed by atoms with Crippen LogP contribution in [0.15, 0.2) is 12.1 Å². The number of rotatable bonds is 5. The van der Waals surface area contributed by atoms with Crippen molar-refractivity contribution in [2.75, 3.05) is 17.7 Å². The Hall–Kier alpha value is -2.22. The highest BCUT2D eigenvalue weighted by Crippen LogP contribution is 2.27. The van der Waals surface area contributed by atoms with Gasteiger partial charge in [0.15, 0.2) is 0 Å². The maximum Gasteiger partial charge on any atom is 0.332 e. The summed E-state index contributed by atoms with van der Waals surface area (Å²) >= 11 is 1.64. The zero-order valence-corrected chi connectivity index (χ0v) is 12.2. The third-order valence-electron chi connectivity index (χ3n) is 2.69. The molecule has 2 aromatic heterocycles. The van der Waals surface area contributed by atoms with Crippen molar-refractivity contribution in [1.29, 1.82) is 0 Å². The topological polar surface area (TPSA) is 93.0 Å². The highest BCUT2D eigenvalue weighted by molar-refractivity contribution is 7.11. The molecule has 0 unspecified atom stereocenters. The highest BCUT2D eigenvalue weighted by atomic mass is 32.1. The van der Waals surface area contributed by atoms with Crippen LogP contribution in [0.2, 0.25) is 0 Å². The number of aryl methyl sites for hydroxylation is 2. The molecule has 0 aromatic carbocycles. The van der Waals surface area contributed by atoms with Crippen LogP contribution in [-0.2, 0) is 6.54 Å². The molecule has 20 heavy (non-hydrogen) atoms. The SMILES string of the molecule is CNc1nc(C)c([N+](=O)[O-])c(NCc2ccc(C)s2)n1. The highest BCUT2D eigenvalue weighted by Gasteiger charge is 2.21. The van der Waals surface area contributed by atoms with E-state index in [4.69, 9.17) is 0 Å². The van der Waals surface area contributed by atoms with Gasteiger partial charge in [-0.05, 0) is 26.0 Å². The van der Waals surface area contributed by atoms with Crippen LogP contribution < -0.4 is 10.6 Å². The van der Waals surface area contributed by atoms with E-state index in [1.807, 2.05) is 19.1 Å². The van der Waals surface area contributed by atoms with E-state index in [1.54, 1.807) is 25.3 Å². The number of hydrogen-bond acceptors (Lipinski definition) is 7. The van der Waals surface area contributed by atoms with Crippen molar-refractivity contribution in [1.82, 2.24) is 9.97 Å². The van der Waals surface area contributed by atoms with Gasteiger partial charge in [-0.25, -0.2) is 4.98 Å². The van der Waals surface area contributed by atoms with Gasteiger partial charge in [-0.15, -0.1) is 11.3 Å². The molecule has 2 rings (SSSR count). The summed E-state index contributed by atoms with van der Waals surface area (Å²) in [6, 6.07) is 4.01. The Morgan fingerprint density at radius 1 is 1.35 bits per heavy atom. The van der Waals surface area contributed by atoms with E-state index in [1.165, 1.54) is 4.88 Å². The normalized spacial score (nSPS) is 10.3. The van der Waals surface area contributed by atoms with Crippen molar-refractivity contribution in [3.05, 3.63) is 37.7 Å². The maximum atomic E-state index is 11.1. The molecule has 0 saturated carbocycles. The summed E-state index contributed by atoms with van der Waals surface area (Å²) in [6.07, 6.45) is 0. The standard InChI is InChI=1S/C12H15N5O2S/c1-7-4-5-9(20-7)6-14-11-10(17(18)19)8(2)15-12(13-3)16-11/h4-5H,6H2,1-3H3,(H2,13,14,15,16). The molecular weight excluding hydrogens is 278 g/mol. The minimum Gasteiger partial charge on any atom is -0.359 e. The Kier molecular flexibility index (Phi) is 4.14. The first-order valence-electron chi connectivity index (χ1n) is 6.01. The largest absolute Gasteiger partial charge is 0.359 e. The lowest BCUT2D eigenvalue weighted by molar-refractivity contribution is -0.385. The van der Waals surface area contributed by atoms with E-state index in [0.29, 0.717) is 18.2 Å². The van der Waals surface area contributed by atoms with Crippen LogP contribution in [0.4, 0.5) is 17.5 Å². The second-order valence-corrected chi connectivity index (χ2v) is 5.58. The van der Waals surface area contributed by atoms with Crippen LogP contribution in [0.5, 0.6) is 0 Å². The lowest BCUT2D eigenvalue weighted by Crippen LogP contribution is -2.09. The summed E-state index contributed by atoms with van der Waals surface area (Å²) in [5, 5.41) is 16.9. The number of nitro groups is 1. The van der Waals surface area contributed by atoms with E-state index in [2.05, 4.69) is 20.6 Å². The van der Waals surface area contributed by atoms with Crippen molar-refractivity contribution in [2.24, 2.45) is 0 Å². The third kappa shape index (κ3) is 3.02. The van der Waals surface area contributed by atoms with E-state index >= 15 is 0 Å². The molecule has 8 heteroatoms. The van der Waals surface area contributed by atoms with E-state index in [9.17, 15) is 10.1 Å². The maximum absolute atomic E-state index is 11.1. The fraction of sp³-hybridized carbons (Fsp3) is 0.333. The fourth-order valence-corrected chi connectivity index (χ4v) is 2.60. The van der Waals surface area contributed by atoms with E-state index in [-0.39, 0.29) is 11.5 Å². The molecular formula is C12H15N5O2S. The average molecular weight is 293 g/mol. The number of thiophene rings is 1. The first kappa shape index (κ1) is 14.2. The van der Waals surface area contributed by atoms with Crippen LogP contribution in [0.1, 0.15) is 15.4 Å². The monoisotopic (exact) mass is 293 g/mol. The van der Waals surface area contributed by atoms with E-state index < -0.39 is 4.92 Å². The van der Waals surface area contributed by atoms with Crippen LogP contribution in [-0.4, -0.2) is 21.9 Å². The predicted octanol–water partition coefficient (Wildman–Crippen LogP) is 2.72. The minimum absolute atomic E-state index is 0.0859. The summed E-state index contributed by atoms with van der Waals surface area (Å²) < 4.78 is 0. The summed E-state index contributed by atoms with van der Waals surface area (Å²) in [7, 11) is 1.67. The van der Waals surface area contributed by atoms with Gasteiger partial charge in [0.25, 0.3) is 0 Å². The van der Waals surface area contributed by atoms with Gasteiger partial charge in [-0.3, -0.25) is 10.1 Å². The quantitative estimate of drug-likeness (QED) is 0.650. The molecule has 0 spiro atoms. The average Bonchev–Trinajstić information content (AvgIpc) is 2.81. The first-order chi connectivity index (χ1) is 9.51. The Morgan fingerprint density at radius 3 is 2.65 bits per heavy atom. The number of anilines is 2.